The molecule has 0 saturated carbocycles. The highest BCUT2D eigenvalue weighted by Gasteiger charge is 2.20. The minimum absolute atomic E-state index is 0.129. The molecule has 4 aromatic rings. The van der Waals surface area contributed by atoms with Crippen molar-refractivity contribution in [2.24, 2.45) is 0 Å². The Morgan fingerprint density at radius 3 is 2.76 bits per heavy atom. The molecule has 8 heteroatoms. The lowest BCUT2D eigenvalue weighted by Gasteiger charge is -2.08. The van der Waals surface area contributed by atoms with Gasteiger partial charge in [0, 0.05) is 28.0 Å². The molecular weight excluding hydrogens is 395 g/mol. The van der Waals surface area contributed by atoms with Crippen molar-refractivity contribution in [1.29, 1.82) is 0 Å². The van der Waals surface area contributed by atoms with Gasteiger partial charge >= 0.3 is 0 Å². The van der Waals surface area contributed by atoms with Gasteiger partial charge in [-0.2, -0.15) is 0 Å². The number of nitrogens with one attached hydrogen (secondary N) is 1. The molecule has 2 heterocycles. The Morgan fingerprint density at radius 1 is 1.17 bits per heavy atom. The molecular formula is C21H17FN2O4S. The maximum absolute atomic E-state index is 13.5. The number of furan rings is 1. The molecule has 1 amide bonds. The molecule has 4 rings (SSSR count). The van der Waals surface area contributed by atoms with Crippen molar-refractivity contribution >= 4 is 33.3 Å². The Bertz CT molecular complexity index is 1210. The van der Waals surface area contributed by atoms with Crippen molar-refractivity contribution < 1.29 is 23.1 Å². The van der Waals surface area contributed by atoms with Gasteiger partial charge in [0.2, 0.25) is 0 Å². The van der Waals surface area contributed by atoms with Gasteiger partial charge in [-0.25, -0.2) is 9.37 Å². The van der Waals surface area contributed by atoms with E-state index in [1.807, 2.05) is 17.5 Å². The molecule has 0 radical (unpaired) electrons. The zero-order valence-electron chi connectivity index (χ0n) is 15.9. The summed E-state index contributed by atoms with van der Waals surface area (Å²) in [4.78, 5) is 17.1. The van der Waals surface area contributed by atoms with Gasteiger partial charge in [0.25, 0.3) is 5.91 Å². The van der Waals surface area contributed by atoms with Crippen molar-refractivity contribution in [2.45, 2.75) is 6.92 Å². The number of carbonyl (C=O) groups excluding carboxylic acids is 1. The molecule has 0 aliphatic carbocycles. The summed E-state index contributed by atoms with van der Waals surface area (Å²) in [5, 5.41) is 5.54. The lowest BCUT2D eigenvalue weighted by atomic mass is 10.1. The molecule has 0 atom stereocenters. The number of hydrogen-bond acceptors (Lipinski definition) is 6. The summed E-state index contributed by atoms with van der Waals surface area (Å²) in [5.41, 5.74) is 2.47. The zero-order valence-corrected chi connectivity index (χ0v) is 16.7. The minimum atomic E-state index is -0.443. The first kappa shape index (κ1) is 18.9. The number of hydrogen-bond donors (Lipinski definition) is 1. The van der Waals surface area contributed by atoms with Crippen LogP contribution < -0.4 is 14.8 Å². The van der Waals surface area contributed by atoms with Gasteiger partial charge < -0.3 is 13.9 Å². The largest absolute Gasteiger partial charge is 0.497 e. The van der Waals surface area contributed by atoms with Gasteiger partial charge in [0.15, 0.2) is 10.9 Å². The first-order valence-corrected chi connectivity index (χ1v) is 9.56. The van der Waals surface area contributed by atoms with E-state index in [-0.39, 0.29) is 11.6 Å². The molecule has 0 aliphatic heterocycles. The van der Waals surface area contributed by atoms with Gasteiger partial charge in [-0.1, -0.05) is 0 Å². The third-order valence-corrected chi connectivity index (χ3v) is 5.27. The van der Waals surface area contributed by atoms with Crippen LogP contribution in [0.15, 0.2) is 46.2 Å². The average Bonchev–Trinajstić information content (AvgIpc) is 3.32. The van der Waals surface area contributed by atoms with E-state index in [9.17, 15) is 9.18 Å². The van der Waals surface area contributed by atoms with E-state index in [0.29, 0.717) is 38.9 Å². The van der Waals surface area contributed by atoms with E-state index < -0.39 is 5.91 Å². The van der Waals surface area contributed by atoms with Crippen LogP contribution in [-0.4, -0.2) is 25.1 Å². The summed E-state index contributed by atoms with van der Waals surface area (Å²) in [6, 6.07) is 9.57. The van der Waals surface area contributed by atoms with Crippen LogP contribution in [0.25, 0.3) is 22.2 Å². The fourth-order valence-corrected chi connectivity index (χ4v) is 3.73. The van der Waals surface area contributed by atoms with Crippen molar-refractivity contribution in [2.75, 3.05) is 19.5 Å². The number of anilines is 1. The third kappa shape index (κ3) is 3.54. The number of nitrogens with zero attached hydrogens (tertiary/aromatic N) is 1. The Morgan fingerprint density at radius 2 is 2.00 bits per heavy atom. The first-order chi connectivity index (χ1) is 14.0. The summed E-state index contributed by atoms with van der Waals surface area (Å²) in [6.45, 7) is 1.72. The van der Waals surface area contributed by atoms with E-state index >= 15 is 0 Å². The van der Waals surface area contributed by atoms with Crippen molar-refractivity contribution in [1.82, 2.24) is 4.98 Å². The second kappa shape index (κ2) is 7.56. The molecule has 0 aliphatic rings. The molecule has 0 spiro atoms. The topological polar surface area (TPSA) is 73.6 Å². The summed E-state index contributed by atoms with van der Waals surface area (Å²) < 4.78 is 29.7. The molecule has 0 fully saturated rings. The van der Waals surface area contributed by atoms with E-state index in [2.05, 4.69) is 10.3 Å². The molecule has 0 unspecified atom stereocenters. The quantitative estimate of drug-likeness (QED) is 0.483. The zero-order chi connectivity index (χ0) is 20.5. The van der Waals surface area contributed by atoms with Crippen molar-refractivity contribution in [3.05, 3.63) is 58.9 Å². The number of benzene rings is 2. The fraction of sp³-hybridized carbons (Fsp3) is 0.143. The van der Waals surface area contributed by atoms with Crippen LogP contribution in [0.5, 0.6) is 11.5 Å². The maximum Gasteiger partial charge on any atom is 0.293 e. The number of rotatable bonds is 5. The van der Waals surface area contributed by atoms with Crippen LogP contribution in [0, 0.1) is 12.7 Å². The molecule has 6 nitrogen and oxygen atoms in total. The maximum atomic E-state index is 13.5. The molecule has 2 aromatic heterocycles. The molecule has 1 N–H and O–H groups in total. The monoisotopic (exact) mass is 412 g/mol. The lowest BCUT2D eigenvalue weighted by Crippen LogP contribution is -2.11. The van der Waals surface area contributed by atoms with Crippen LogP contribution in [0.3, 0.4) is 0 Å². The summed E-state index contributed by atoms with van der Waals surface area (Å²) in [5.74, 6) is 0.589. The molecule has 148 valence electrons. The van der Waals surface area contributed by atoms with E-state index in [1.54, 1.807) is 27.2 Å². The van der Waals surface area contributed by atoms with Gasteiger partial charge in [-0.3, -0.25) is 10.1 Å². The molecule has 0 saturated heterocycles. The van der Waals surface area contributed by atoms with E-state index in [4.69, 9.17) is 13.9 Å². The Labute approximate surface area is 169 Å². The smallest absolute Gasteiger partial charge is 0.293 e. The normalized spacial score (nSPS) is 10.9. The minimum Gasteiger partial charge on any atom is -0.497 e. The Hall–Kier alpha value is -3.39. The number of thiazole rings is 1. The number of carbonyl (C=O) groups is 1. The van der Waals surface area contributed by atoms with Crippen LogP contribution in [0.1, 0.15) is 16.1 Å². The third-order valence-electron chi connectivity index (χ3n) is 4.51. The lowest BCUT2D eigenvalue weighted by molar-refractivity contribution is 0.0998. The summed E-state index contributed by atoms with van der Waals surface area (Å²) in [6.07, 6.45) is 0. The number of methoxy groups -OCH3 is 2. The average molecular weight is 412 g/mol. The van der Waals surface area contributed by atoms with E-state index in [0.717, 1.165) is 5.56 Å². The number of aromatic nitrogens is 1. The summed E-state index contributed by atoms with van der Waals surface area (Å²) in [7, 11) is 3.15. The molecule has 0 bridgehead atoms. The Kier molecular flexibility index (Phi) is 4.94. The van der Waals surface area contributed by atoms with E-state index in [1.165, 1.54) is 29.5 Å². The second-order valence-corrected chi connectivity index (χ2v) is 7.11. The van der Waals surface area contributed by atoms with Gasteiger partial charge in [0.05, 0.1) is 19.9 Å². The van der Waals surface area contributed by atoms with Crippen LogP contribution in [0.4, 0.5) is 9.52 Å². The second-order valence-electron chi connectivity index (χ2n) is 6.25. The predicted molar refractivity (Wildman–Crippen MR) is 110 cm³/mol. The number of halogens is 1. The number of amides is 1. The first-order valence-electron chi connectivity index (χ1n) is 8.68. The summed E-state index contributed by atoms with van der Waals surface area (Å²) >= 11 is 1.28. The highest BCUT2D eigenvalue weighted by atomic mass is 32.1. The highest BCUT2D eigenvalue weighted by Crippen LogP contribution is 2.35. The number of fused-ring (bicyclic) bond motifs is 1. The predicted octanol–water partition coefficient (Wildman–Crippen LogP) is 5.27. The number of aryl methyl sites for hydroxylation is 1. The van der Waals surface area contributed by atoms with Crippen LogP contribution >= 0.6 is 11.3 Å². The molecule has 29 heavy (non-hydrogen) atoms. The van der Waals surface area contributed by atoms with Crippen molar-refractivity contribution in [3.8, 4) is 22.8 Å². The van der Waals surface area contributed by atoms with Gasteiger partial charge in [-0.15, -0.1) is 11.3 Å². The molecule has 2 aromatic carbocycles. The Balaban J connectivity index is 1.60. The SMILES string of the molecule is COc1ccc(-c2csc(NC(=O)c3oc4ccc(F)cc4c3C)n2)c(OC)c1. The highest BCUT2D eigenvalue weighted by molar-refractivity contribution is 7.14. The van der Waals surface area contributed by atoms with Crippen LogP contribution in [0.2, 0.25) is 0 Å². The number of ether oxygens (including phenoxy) is 2. The van der Waals surface area contributed by atoms with Gasteiger partial charge in [-0.05, 0) is 37.3 Å². The standard InChI is InChI=1S/C21H17FN2O4S/c1-11-15-8-12(22)4-7-17(15)28-19(11)20(25)24-21-23-16(10-29-21)14-6-5-13(26-2)9-18(14)27-3/h4-10H,1-3H3,(H,23,24,25). The van der Waals surface area contributed by atoms with Gasteiger partial charge in [0.1, 0.15) is 22.9 Å². The van der Waals surface area contributed by atoms with Crippen LogP contribution in [-0.2, 0) is 0 Å². The fourth-order valence-electron chi connectivity index (χ4n) is 3.03. The van der Waals surface area contributed by atoms with Crippen molar-refractivity contribution in [3.63, 3.8) is 0 Å².